The molecule has 0 aromatic heterocycles. The van der Waals surface area contributed by atoms with Gasteiger partial charge >= 0.3 is 6.09 Å². The van der Waals surface area contributed by atoms with Gasteiger partial charge in [-0.1, -0.05) is 0 Å². The quantitative estimate of drug-likeness (QED) is 0.458. The summed E-state index contributed by atoms with van der Waals surface area (Å²) in [6.07, 6.45) is 2.76. The first-order chi connectivity index (χ1) is 13.4. The molecule has 0 bridgehead atoms. The molecular formula is C21H27N4O3P. The van der Waals surface area contributed by atoms with Gasteiger partial charge in [0.2, 0.25) is 5.78 Å². The van der Waals surface area contributed by atoms with E-state index in [0.29, 0.717) is 17.9 Å². The molecule has 0 spiro atoms. The molecule has 154 valence electrons. The number of carbonyl (C=O) groups is 2. The van der Waals surface area contributed by atoms with E-state index in [1.807, 2.05) is 45.9 Å². The normalized spacial score (nSPS) is 13.8. The van der Waals surface area contributed by atoms with Gasteiger partial charge in [0.05, 0.1) is 5.70 Å². The standard InChI is InChI=1S/C21H27N4O3P/c1-13-7-14-9-18(19(26)16(10-22)11-24(5)6)25(29)12-15(14)8-17(13)23-20(27)28-21(2,3)4/h7-9,11H,12,29H2,1-6H3,(H,23,27)/b16-11+. The van der Waals surface area contributed by atoms with Gasteiger partial charge in [0.15, 0.2) is 0 Å². The number of nitrogens with zero attached hydrogens (tertiary/aromatic N) is 3. The molecule has 1 aliphatic heterocycles. The lowest BCUT2D eigenvalue weighted by Gasteiger charge is -2.28. The van der Waals surface area contributed by atoms with Gasteiger partial charge in [0, 0.05) is 32.5 Å². The summed E-state index contributed by atoms with van der Waals surface area (Å²) in [7, 11) is 6.04. The van der Waals surface area contributed by atoms with E-state index in [1.54, 1.807) is 29.7 Å². The second-order valence-corrected chi connectivity index (χ2v) is 8.72. The number of allylic oxidation sites excluding steroid dienone is 1. The highest BCUT2D eigenvalue weighted by molar-refractivity contribution is 7.13. The zero-order chi connectivity index (χ0) is 21.9. The number of nitriles is 1. The highest BCUT2D eigenvalue weighted by Gasteiger charge is 2.25. The highest BCUT2D eigenvalue weighted by Crippen LogP contribution is 2.32. The number of amides is 1. The molecule has 1 heterocycles. The van der Waals surface area contributed by atoms with E-state index < -0.39 is 11.7 Å². The number of ether oxygens (including phenoxy) is 1. The molecule has 0 saturated carbocycles. The fourth-order valence-corrected chi connectivity index (χ4v) is 3.21. The minimum atomic E-state index is -0.584. The SMILES string of the molecule is Cc1cc2c(cc1NC(=O)OC(C)(C)C)CN(P)C(C(=O)/C(C#N)=C/N(C)C)=C2. The third-order valence-corrected chi connectivity index (χ3v) is 4.51. The van der Waals surface area contributed by atoms with Crippen LogP contribution in [0, 0.1) is 18.3 Å². The maximum atomic E-state index is 12.8. The number of fused-ring (bicyclic) bond motifs is 1. The van der Waals surface area contributed by atoms with Crippen LogP contribution in [0.1, 0.15) is 37.5 Å². The van der Waals surface area contributed by atoms with Gasteiger partial charge in [-0.15, -0.1) is 0 Å². The predicted molar refractivity (Wildman–Crippen MR) is 117 cm³/mol. The maximum Gasteiger partial charge on any atom is 0.412 e. The summed E-state index contributed by atoms with van der Waals surface area (Å²) in [5.74, 6) is -0.338. The van der Waals surface area contributed by atoms with E-state index in [1.165, 1.54) is 6.20 Å². The van der Waals surface area contributed by atoms with Crippen LogP contribution in [-0.4, -0.2) is 41.1 Å². The molecular weight excluding hydrogens is 387 g/mol. The molecule has 1 atom stereocenters. The second-order valence-electron chi connectivity index (χ2n) is 8.10. The summed E-state index contributed by atoms with van der Waals surface area (Å²) >= 11 is 0. The van der Waals surface area contributed by atoms with E-state index >= 15 is 0 Å². The minimum absolute atomic E-state index is 0.0667. The number of hydrogen-bond donors (Lipinski definition) is 1. The molecule has 1 N–H and O–H groups in total. The Morgan fingerprint density at radius 3 is 2.55 bits per heavy atom. The van der Waals surface area contributed by atoms with E-state index in [9.17, 15) is 14.9 Å². The maximum absolute atomic E-state index is 12.8. The fourth-order valence-electron chi connectivity index (χ4n) is 2.82. The summed E-state index contributed by atoms with van der Waals surface area (Å²) in [5, 5.41) is 12.1. The van der Waals surface area contributed by atoms with Gasteiger partial charge in [0.25, 0.3) is 0 Å². The monoisotopic (exact) mass is 414 g/mol. The molecule has 0 saturated heterocycles. The van der Waals surface area contributed by atoms with Crippen LogP contribution in [0.4, 0.5) is 10.5 Å². The topological polar surface area (TPSA) is 85.7 Å². The van der Waals surface area contributed by atoms with Gasteiger partial charge in [-0.25, -0.2) is 4.79 Å². The Bertz CT molecular complexity index is 936. The Hall–Kier alpha value is -2.84. The number of hydrogen-bond acceptors (Lipinski definition) is 6. The summed E-state index contributed by atoms with van der Waals surface area (Å²) in [5.41, 5.74) is 3.23. The van der Waals surface area contributed by atoms with Gasteiger partial charge in [-0.05, 0) is 72.0 Å². The van der Waals surface area contributed by atoms with Crippen molar-refractivity contribution >= 4 is 33.0 Å². The van der Waals surface area contributed by atoms with Crippen molar-refractivity contribution in [2.45, 2.75) is 39.8 Å². The smallest absolute Gasteiger partial charge is 0.412 e. The zero-order valence-electron chi connectivity index (χ0n) is 17.7. The predicted octanol–water partition coefficient (Wildman–Crippen LogP) is 3.83. The average Bonchev–Trinajstić information content (AvgIpc) is 2.58. The van der Waals surface area contributed by atoms with E-state index in [4.69, 9.17) is 4.74 Å². The molecule has 1 aromatic carbocycles. The molecule has 1 aliphatic rings. The summed E-state index contributed by atoms with van der Waals surface area (Å²) < 4.78 is 7.04. The lowest BCUT2D eigenvalue weighted by molar-refractivity contribution is -0.112. The number of rotatable bonds is 4. The first kappa shape index (κ1) is 22.4. The number of anilines is 1. The van der Waals surface area contributed by atoms with Crippen molar-refractivity contribution in [1.29, 1.82) is 5.26 Å². The van der Waals surface area contributed by atoms with Crippen LogP contribution in [0.2, 0.25) is 0 Å². The van der Waals surface area contributed by atoms with Gasteiger partial charge in [-0.3, -0.25) is 10.1 Å². The third-order valence-electron chi connectivity index (χ3n) is 4.05. The second kappa shape index (κ2) is 8.67. The van der Waals surface area contributed by atoms with E-state index in [0.717, 1.165) is 16.7 Å². The first-order valence-corrected chi connectivity index (χ1v) is 9.63. The largest absolute Gasteiger partial charge is 0.444 e. The molecule has 7 nitrogen and oxygen atoms in total. The summed E-state index contributed by atoms with van der Waals surface area (Å²) in [6.45, 7) is 7.75. The van der Waals surface area contributed by atoms with E-state index in [-0.39, 0.29) is 11.4 Å². The van der Waals surface area contributed by atoms with Crippen molar-refractivity contribution in [3.05, 3.63) is 46.3 Å². The molecule has 0 aliphatic carbocycles. The van der Waals surface area contributed by atoms with Crippen LogP contribution in [-0.2, 0) is 16.1 Å². The van der Waals surface area contributed by atoms with Gasteiger partial charge in [-0.2, -0.15) is 5.26 Å². The average molecular weight is 414 g/mol. The molecule has 1 unspecified atom stereocenters. The number of nitrogens with one attached hydrogen (secondary N) is 1. The van der Waals surface area contributed by atoms with Crippen molar-refractivity contribution in [2.75, 3.05) is 19.4 Å². The number of benzene rings is 1. The Balaban J connectivity index is 2.35. The lowest BCUT2D eigenvalue weighted by Crippen LogP contribution is -2.28. The van der Waals surface area contributed by atoms with Crippen LogP contribution in [0.3, 0.4) is 0 Å². The molecule has 0 radical (unpaired) electrons. The number of carbonyl (C=O) groups excluding carboxylic acids is 2. The van der Waals surface area contributed by atoms with Gasteiger partial charge < -0.3 is 14.3 Å². The fraction of sp³-hybridized carbons (Fsp3) is 0.381. The number of Topliss-reactive ketones (excluding diaryl/α,β-unsaturated/α-hetero) is 1. The Morgan fingerprint density at radius 2 is 2.00 bits per heavy atom. The molecule has 29 heavy (non-hydrogen) atoms. The van der Waals surface area contributed by atoms with Crippen molar-refractivity contribution < 1.29 is 14.3 Å². The van der Waals surface area contributed by atoms with Crippen molar-refractivity contribution in [1.82, 2.24) is 9.57 Å². The summed E-state index contributed by atoms with van der Waals surface area (Å²) in [6, 6.07) is 5.76. The Labute approximate surface area is 174 Å². The van der Waals surface area contributed by atoms with Crippen molar-refractivity contribution in [3.8, 4) is 6.07 Å². The molecule has 1 aromatic rings. The molecule has 8 heteroatoms. The van der Waals surface area contributed by atoms with Crippen LogP contribution < -0.4 is 5.32 Å². The van der Waals surface area contributed by atoms with Gasteiger partial charge in [0.1, 0.15) is 17.2 Å². The first-order valence-electron chi connectivity index (χ1n) is 9.12. The number of ketones is 1. The van der Waals surface area contributed by atoms with Crippen LogP contribution in [0.25, 0.3) is 6.08 Å². The third kappa shape index (κ3) is 5.82. The van der Waals surface area contributed by atoms with Crippen molar-refractivity contribution in [3.63, 3.8) is 0 Å². The lowest BCUT2D eigenvalue weighted by atomic mass is 9.96. The molecule has 0 fully saturated rings. The van der Waals surface area contributed by atoms with Crippen LogP contribution in [0.15, 0.2) is 29.6 Å². The summed E-state index contributed by atoms with van der Waals surface area (Å²) in [4.78, 5) is 26.6. The zero-order valence-corrected chi connectivity index (χ0v) is 18.8. The van der Waals surface area contributed by atoms with Crippen molar-refractivity contribution in [2.24, 2.45) is 0 Å². The van der Waals surface area contributed by atoms with Crippen LogP contribution >= 0.6 is 9.39 Å². The molecule has 1 amide bonds. The van der Waals surface area contributed by atoms with E-state index in [2.05, 4.69) is 14.7 Å². The Morgan fingerprint density at radius 1 is 1.34 bits per heavy atom. The minimum Gasteiger partial charge on any atom is -0.444 e. The van der Waals surface area contributed by atoms with Crippen LogP contribution in [0.5, 0.6) is 0 Å². The Kier molecular flexibility index (Phi) is 6.71. The highest BCUT2D eigenvalue weighted by atomic mass is 31.0. The molecule has 2 rings (SSSR count). The number of aryl methyl sites for hydroxylation is 1.